The van der Waals surface area contributed by atoms with E-state index < -0.39 is 5.60 Å². The van der Waals surface area contributed by atoms with Crippen LogP contribution < -0.4 is 10.1 Å². The number of hydrogen-bond donors (Lipinski definition) is 1. The van der Waals surface area contributed by atoms with E-state index in [1.807, 2.05) is 0 Å². The van der Waals surface area contributed by atoms with Crippen LogP contribution in [0.2, 0.25) is 5.02 Å². The average Bonchev–Trinajstić information content (AvgIpc) is 3.28. The molecule has 1 N–H and O–H groups in total. The van der Waals surface area contributed by atoms with E-state index in [2.05, 4.69) is 5.32 Å². The van der Waals surface area contributed by atoms with Gasteiger partial charge in [-0.2, -0.15) is 0 Å². The molecule has 5 heteroatoms. The number of carbonyl (C=O) groups is 2. The Balaban J connectivity index is 1.33. The second kappa shape index (κ2) is 5.98. The van der Waals surface area contributed by atoms with Crippen molar-refractivity contribution in [3.63, 3.8) is 0 Å². The zero-order valence-electron chi connectivity index (χ0n) is 14.8. The van der Waals surface area contributed by atoms with E-state index >= 15 is 0 Å². The van der Waals surface area contributed by atoms with E-state index in [0.717, 1.165) is 25.7 Å². The summed E-state index contributed by atoms with van der Waals surface area (Å²) in [6, 6.07) is 5.59. The van der Waals surface area contributed by atoms with Crippen LogP contribution in [0.1, 0.15) is 61.7 Å². The molecule has 0 bridgehead atoms. The van der Waals surface area contributed by atoms with Gasteiger partial charge < -0.3 is 10.1 Å². The van der Waals surface area contributed by atoms with Gasteiger partial charge in [-0.05, 0) is 49.8 Å². The molecule has 3 fully saturated rings. The van der Waals surface area contributed by atoms with Crippen molar-refractivity contribution in [3.8, 4) is 5.75 Å². The summed E-state index contributed by atoms with van der Waals surface area (Å²) in [6.45, 7) is 0. The Bertz CT molecular complexity index is 773. The maximum atomic E-state index is 12.8. The summed E-state index contributed by atoms with van der Waals surface area (Å²) in [5, 5.41) is 3.83. The van der Waals surface area contributed by atoms with E-state index in [1.54, 1.807) is 18.2 Å². The summed E-state index contributed by atoms with van der Waals surface area (Å²) >= 11 is 6.03. The lowest BCUT2D eigenvalue weighted by Gasteiger charge is -2.37. The number of ether oxygens (including phenoxy) is 1. The summed E-state index contributed by atoms with van der Waals surface area (Å²) in [5.41, 5.74) is 0.0902. The van der Waals surface area contributed by atoms with Crippen LogP contribution in [0.4, 0.5) is 0 Å². The number of rotatable bonds is 2. The first-order valence-electron chi connectivity index (χ1n) is 9.89. The first kappa shape index (κ1) is 16.6. The molecule has 4 atom stereocenters. The first-order valence-corrected chi connectivity index (χ1v) is 10.3. The van der Waals surface area contributed by atoms with Crippen LogP contribution in [0.15, 0.2) is 18.2 Å². The molecule has 0 unspecified atom stereocenters. The second-order valence-electron chi connectivity index (χ2n) is 8.50. The number of ketones is 1. The molecule has 3 saturated carbocycles. The zero-order chi connectivity index (χ0) is 17.9. The third kappa shape index (κ3) is 2.57. The molecule has 4 aliphatic rings. The largest absolute Gasteiger partial charge is 0.486 e. The second-order valence-corrected chi connectivity index (χ2v) is 8.94. The smallest absolute Gasteiger partial charge is 0.224 e. The molecular weight excluding hydrogens is 350 g/mol. The molecule has 1 aromatic rings. The van der Waals surface area contributed by atoms with Gasteiger partial charge in [0.1, 0.15) is 11.4 Å². The Morgan fingerprint density at radius 1 is 1.19 bits per heavy atom. The Morgan fingerprint density at radius 2 is 2.00 bits per heavy atom. The Hall–Kier alpha value is -1.55. The molecule has 0 saturated heterocycles. The third-order valence-electron chi connectivity index (χ3n) is 6.95. The fourth-order valence-corrected chi connectivity index (χ4v) is 5.86. The summed E-state index contributed by atoms with van der Waals surface area (Å²) in [5.74, 6) is 1.48. The molecule has 1 heterocycles. The van der Waals surface area contributed by atoms with Gasteiger partial charge >= 0.3 is 0 Å². The van der Waals surface area contributed by atoms with Gasteiger partial charge in [-0.15, -0.1) is 0 Å². The highest BCUT2D eigenvalue weighted by molar-refractivity contribution is 6.31. The van der Waals surface area contributed by atoms with Crippen molar-refractivity contribution in [1.82, 2.24) is 5.32 Å². The molecule has 5 rings (SSSR count). The first-order chi connectivity index (χ1) is 12.6. The maximum absolute atomic E-state index is 12.8. The van der Waals surface area contributed by atoms with Crippen molar-refractivity contribution < 1.29 is 14.3 Å². The van der Waals surface area contributed by atoms with Crippen LogP contribution in [0.5, 0.6) is 5.75 Å². The molecule has 0 radical (unpaired) electrons. The number of carbonyl (C=O) groups excluding carboxylic acids is 2. The highest BCUT2D eigenvalue weighted by Crippen LogP contribution is 2.65. The topological polar surface area (TPSA) is 55.4 Å². The maximum Gasteiger partial charge on any atom is 0.224 e. The lowest BCUT2D eigenvalue weighted by molar-refractivity contribution is -0.125. The van der Waals surface area contributed by atoms with Gasteiger partial charge in [0.2, 0.25) is 5.91 Å². The molecule has 1 spiro atoms. The van der Waals surface area contributed by atoms with Gasteiger partial charge in [0.15, 0.2) is 5.78 Å². The number of amides is 1. The number of halogens is 1. The molecule has 1 aromatic carbocycles. The SMILES string of the molecule is O=C1C[C@]2(CC[C@@H]3[C@@H](C(=O)NC4CCCCC4)[C@@H]32)Oc2ccc(Cl)cc21. The minimum atomic E-state index is -0.489. The standard InChI is InChI=1S/C21H24ClNO3/c22-12-6-7-17-15(10-12)16(24)11-21(26-17)9-8-14-18(19(14)21)20(25)23-13-4-2-1-3-5-13/h6-7,10,13-14,18-19H,1-5,8-9,11H2,(H,23,25)/t14-,18-,19-,21+/m1/s1. The van der Waals surface area contributed by atoms with E-state index in [1.165, 1.54) is 19.3 Å². The summed E-state index contributed by atoms with van der Waals surface area (Å²) < 4.78 is 6.37. The zero-order valence-corrected chi connectivity index (χ0v) is 15.6. The number of Topliss-reactive ketones (excluding diaryl/α,β-unsaturated/α-hetero) is 1. The van der Waals surface area contributed by atoms with Crippen LogP contribution in [-0.4, -0.2) is 23.3 Å². The van der Waals surface area contributed by atoms with Crippen molar-refractivity contribution in [1.29, 1.82) is 0 Å². The fraction of sp³-hybridized carbons (Fsp3) is 0.619. The number of hydrogen-bond acceptors (Lipinski definition) is 3. The van der Waals surface area contributed by atoms with E-state index in [9.17, 15) is 9.59 Å². The quantitative estimate of drug-likeness (QED) is 0.847. The van der Waals surface area contributed by atoms with Crippen molar-refractivity contribution in [2.45, 2.75) is 63.0 Å². The molecule has 4 nitrogen and oxygen atoms in total. The average molecular weight is 374 g/mol. The van der Waals surface area contributed by atoms with E-state index in [4.69, 9.17) is 16.3 Å². The van der Waals surface area contributed by atoms with Gasteiger partial charge in [-0.25, -0.2) is 0 Å². The predicted octanol–water partition coefficient (Wildman–Crippen LogP) is 4.15. The van der Waals surface area contributed by atoms with Gasteiger partial charge in [0.05, 0.1) is 12.0 Å². The van der Waals surface area contributed by atoms with Crippen LogP contribution in [0.25, 0.3) is 0 Å². The predicted molar refractivity (Wildman–Crippen MR) is 98.5 cm³/mol. The van der Waals surface area contributed by atoms with Crippen LogP contribution in [0.3, 0.4) is 0 Å². The van der Waals surface area contributed by atoms with E-state index in [-0.39, 0.29) is 23.5 Å². The molecule has 138 valence electrons. The van der Waals surface area contributed by atoms with Gasteiger partial charge in [0, 0.05) is 22.9 Å². The molecule has 3 aliphatic carbocycles. The minimum Gasteiger partial charge on any atom is -0.486 e. The number of benzene rings is 1. The Kier molecular flexibility index (Phi) is 3.82. The van der Waals surface area contributed by atoms with Gasteiger partial charge in [-0.3, -0.25) is 9.59 Å². The molecule has 1 aliphatic heterocycles. The van der Waals surface area contributed by atoms with Crippen LogP contribution >= 0.6 is 11.6 Å². The number of nitrogens with one attached hydrogen (secondary N) is 1. The number of fused-ring (bicyclic) bond motifs is 3. The third-order valence-corrected chi connectivity index (χ3v) is 7.18. The molecule has 1 amide bonds. The highest BCUT2D eigenvalue weighted by Gasteiger charge is 2.70. The molecule has 0 aromatic heterocycles. The van der Waals surface area contributed by atoms with Crippen LogP contribution in [-0.2, 0) is 4.79 Å². The van der Waals surface area contributed by atoms with Crippen molar-refractivity contribution in [2.24, 2.45) is 17.8 Å². The lowest BCUT2D eigenvalue weighted by atomic mass is 9.84. The summed E-state index contributed by atoms with van der Waals surface area (Å²) in [4.78, 5) is 25.5. The van der Waals surface area contributed by atoms with E-state index in [0.29, 0.717) is 34.7 Å². The van der Waals surface area contributed by atoms with Gasteiger partial charge in [0.25, 0.3) is 0 Å². The lowest BCUT2D eigenvalue weighted by Crippen LogP contribution is -2.45. The summed E-state index contributed by atoms with van der Waals surface area (Å²) in [7, 11) is 0. The fourth-order valence-electron chi connectivity index (χ4n) is 5.69. The molecular formula is C21H24ClNO3. The molecule has 26 heavy (non-hydrogen) atoms. The normalized spacial score (nSPS) is 35.6. The Labute approximate surface area is 158 Å². The minimum absolute atomic E-state index is 0.0207. The van der Waals surface area contributed by atoms with Gasteiger partial charge in [-0.1, -0.05) is 30.9 Å². The van der Waals surface area contributed by atoms with Crippen LogP contribution in [0, 0.1) is 17.8 Å². The highest BCUT2D eigenvalue weighted by atomic mass is 35.5. The van der Waals surface area contributed by atoms with Crippen molar-refractivity contribution in [2.75, 3.05) is 0 Å². The Morgan fingerprint density at radius 3 is 2.81 bits per heavy atom. The summed E-state index contributed by atoms with van der Waals surface area (Å²) in [6.07, 6.45) is 8.11. The van der Waals surface area contributed by atoms with Crippen molar-refractivity contribution >= 4 is 23.3 Å². The van der Waals surface area contributed by atoms with Crippen molar-refractivity contribution in [3.05, 3.63) is 28.8 Å². The monoisotopic (exact) mass is 373 g/mol.